The molecule has 0 aromatic heterocycles. The highest BCUT2D eigenvalue weighted by Gasteiger charge is 2.36. The molecule has 0 heterocycles. The molecule has 0 bridgehead atoms. The lowest BCUT2D eigenvalue weighted by atomic mass is 9.65. The quantitative estimate of drug-likeness (QED) is 0.831. The van der Waals surface area contributed by atoms with Crippen LogP contribution in [0.3, 0.4) is 0 Å². The zero-order valence-corrected chi connectivity index (χ0v) is 11.8. The lowest BCUT2D eigenvalue weighted by Gasteiger charge is -2.38. The van der Waals surface area contributed by atoms with Gasteiger partial charge in [0, 0.05) is 11.5 Å². The van der Waals surface area contributed by atoms with Gasteiger partial charge in [0.05, 0.1) is 0 Å². The van der Waals surface area contributed by atoms with E-state index in [4.69, 9.17) is 0 Å². The van der Waals surface area contributed by atoms with Gasteiger partial charge in [0.25, 0.3) is 0 Å². The summed E-state index contributed by atoms with van der Waals surface area (Å²) in [5, 5.41) is 9.48. The van der Waals surface area contributed by atoms with Gasteiger partial charge in [-0.25, -0.2) is 8.78 Å². The number of phenols is 1. The van der Waals surface area contributed by atoms with Crippen molar-refractivity contribution in [3.05, 3.63) is 65.2 Å². The third-order valence-electron chi connectivity index (χ3n) is 4.54. The minimum absolute atomic E-state index is 0.204. The molecule has 2 aromatic rings. The summed E-state index contributed by atoms with van der Waals surface area (Å²) in [6.07, 6.45) is 4.98. The molecule has 0 aliphatic heterocycles. The van der Waals surface area contributed by atoms with Crippen LogP contribution in [-0.2, 0) is 5.41 Å². The zero-order chi connectivity index (χ0) is 14.9. The summed E-state index contributed by atoms with van der Waals surface area (Å²) < 4.78 is 27.3. The molecule has 0 radical (unpaired) electrons. The lowest BCUT2D eigenvalue weighted by molar-refractivity contribution is 0.343. The highest BCUT2D eigenvalue weighted by Crippen LogP contribution is 2.45. The summed E-state index contributed by atoms with van der Waals surface area (Å²) in [5.74, 6) is -0.863. The molecule has 1 fully saturated rings. The van der Waals surface area contributed by atoms with E-state index in [1.807, 2.05) is 12.1 Å². The average molecular weight is 288 g/mol. The first-order valence-corrected chi connectivity index (χ1v) is 7.36. The van der Waals surface area contributed by atoms with Crippen LogP contribution in [0.2, 0.25) is 0 Å². The number of aromatic hydroxyl groups is 1. The Hall–Kier alpha value is -1.90. The normalized spacial score (nSPS) is 17.6. The Balaban J connectivity index is 2.14. The Morgan fingerprint density at radius 1 is 0.762 bits per heavy atom. The second kappa shape index (κ2) is 5.47. The van der Waals surface area contributed by atoms with Gasteiger partial charge in [-0.05, 0) is 48.2 Å². The first-order valence-electron chi connectivity index (χ1n) is 7.36. The van der Waals surface area contributed by atoms with Gasteiger partial charge < -0.3 is 5.11 Å². The summed E-state index contributed by atoms with van der Waals surface area (Å²) in [6, 6.07) is 10.8. The maximum atomic E-state index is 13.7. The van der Waals surface area contributed by atoms with Crippen LogP contribution in [0.25, 0.3) is 0 Å². The van der Waals surface area contributed by atoms with Crippen LogP contribution in [0.4, 0.5) is 8.78 Å². The van der Waals surface area contributed by atoms with Crippen LogP contribution in [0, 0.1) is 11.6 Å². The number of benzene rings is 2. The van der Waals surface area contributed by atoms with E-state index < -0.39 is 11.6 Å². The van der Waals surface area contributed by atoms with Gasteiger partial charge in [-0.3, -0.25) is 0 Å². The van der Waals surface area contributed by atoms with E-state index in [1.165, 1.54) is 12.1 Å². The first kappa shape index (κ1) is 14.1. The number of phenolic OH excluding ortho intramolecular Hbond substituents is 1. The molecule has 1 aliphatic rings. The third-order valence-corrected chi connectivity index (χ3v) is 4.54. The van der Waals surface area contributed by atoms with Crippen LogP contribution >= 0.6 is 0 Å². The van der Waals surface area contributed by atoms with E-state index in [9.17, 15) is 13.9 Å². The highest BCUT2D eigenvalue weighted by atomic mass is 19.1. The molecular formula is C18H18F2O. The van der Waals surface area contributed by atoms with Gasteiger partial charge in [0.15, 0.2) is 0 Å². The Labute approximate surface area is 123 Å². The molecule has 3 heteroatoms. The van der Waals surface area contributed by atoms with Crippen LogP contribution in [0.1, 0.15) is 43.2 Å². The monoisotopic (exact) mass is 288 g/mol. The Kier molecular flexibility index (Phi) is 3.66. The summed E-state index contributed by atoms with van der Waals surface area (Å²) in [4.78, 5) is 0. The first-order chi connectivity index (χ1) is 10.1. The average Bonchev–Trinajstić information content (AvgIpc) is 2.47. The van der Waals surface area contributed by atoms with Crippen molar-refractivity contribution < 1.29 is 13.9 Å². The molecule has 0 unspecified atom stereocenters. The maximum Gasteiger partial charge on any atom is 0.126 e. The summed E-state index contributed by atoms with van der Waals surface area (Å²) in [6.45, 7) is 0. The molecule has 1 saturated carbocycles. The second-order valence-electron chi connectivity index (χ2n) is 5.85. The fourth-order valence-electron chi connectivity index (χ4n) is 3.51. The highest BCUT2D eigenvalue weighted by molar-refractivity contribution is 5.42. The van der Waals surface area contributed by atoms with Gasteiger partial charge in [0.2, 0.25) is 0 Å². The van der Waals surface area contributed by atoms with E-state index >= 15 is 0 Å². The van der Waals surface area contributed by atoms with E-state index in [2.05, 4.69) is 0 Å². The zero-order valence-electron chi connectivity index (χ0n) is 11.8. The molecule has 1 aliphatic carbocycles. The predicted molar refractivity (Wildman–Crippen MR) is 78.3 cm³/mol. The molecule has 0 spiro atoms. The fraction of sp³-hybridized carbons (Fsp3) is 0.333. The molecule has 1 nitrogen and oxygen atoms in total. The van der Waals surface area contributed by atoms with Crippen molar-refractivity contribution in [2.75, 3.05) is 0 Å². The molecule has 110 valence electrons. The number of rotatable bonds is 2. The van der Waals surface area contributed by atoms with Crippen LogP contribution < -0.4 is 0 Å². The number of hydrogen-bond acceptors (Lipinski definition) is 1. The van der Waals surface area contributed by atoms with Crippen LogP contribution in [0.5, 0.6) is 5.75 Å². The molecule has 1 N–H and O–H groups in total. The minimum atomic E-state index is -0.534. The standard InChI is InChI=1S/C18H18F2O/c19-15-10-14(11-16(20)12-15)18(8-2-1-3-9-18)13-4-6-17(21)7-5-13/h4-7,10-12,21H,1-3,8-9H2. The molecule has 3 rings (SSSR count). The van der Waals surface area contributed by atoms with Gasteiger partial charge in [0.1, 0.15) is 17.4 Å². The molecule has 0 saturated heterocycles. The van der Waals surface area contributed by atoms with Crippen molar-refractivity contribution in [2.45, 2.75) is 37.5 Å². The van der Waals surface area contributed by atoms with Crippen molar-refractivity contribution in [3.63, 3.8) is 0 Å². The third kappa shape index (κ3) is 2.65. The number of halogens is 2. The molecule has 21 heavy (non-hydrogen) atoms. The molecule has 0 amide bonds. The molecule has 0 atom stereocenters. The fourth-order valence-corrected chi connectivity index (χ4v) is 3.51. The van der Waals surface area contributed by atoms with Crippen molar-refractivity contribution in [2.24, 2.45) is 0 Å². The SMILES string of the molecule is Oc1ccc(C2(c3cc(F)cc(F)c3)CCCCC2)cc1. The molecule has 2 aromatic carbocycles. The minimum Gasteiger partial charge on any atom is -0.508 e. The Bertz CT molecular complexity index is 608. The van der Waals surface area contributed by atoms with Gasteiger partial charge in [-0.1, -0.05) is 31.4 Å². The van der Waals surface area contributed by atoms with E-state index in [-0.39, 0.29) is 11.2 Å². The van der Waals surface area contributed by atoms with Crippen molar-refractivity contribution >= 4 is 0 Å². The summed E-state index contributed by atoms with van der Waals surface area (Å²) >= 11 is 0. The summed E-state index contributed by atoms with van der Waals surface area (Å²) in [7, 11) is 0. The van der Waals surface area contributed by atoms with Crippen molar-refractivity contribution in [1.29, 1.82) is 0 Å². The van der Waals surface area contributed by atoms with Gasteiger partial charge in [-0.15, -0.1) is 0 Å². The summed E-state index contributed by atoms with van der Waals surface area (Å²) in [5.41, 5.74) is 1.37. The van der Waals surface area contributed by atoms with Gasteiger partial charge >= 0.3 is 0 Å². The topological polar surface area (TPSA) is 20.2 Å². The Morgan fingerprint density at radius 3 is 1.90 bits per heavy atom. The van der Waals surface area contributed by atoms with E-state index in [0.717, 1.165) is 43.7 Å². The van der Waals surface area contributed by atoms with E-state index in [1.54, 1.807) is 12.1 Å². The largest absolute Gasteiger partial charge is 0.508 e. The number of hydrogen-bond donors (Lipinski definition) is 1. The van der Waals surface area contributed by atoms with E-state index in [0.29, 0.717) is 5.56 Å². The lowest BCUT2D eigenvalue weighted by Crippen LogP contribution is -2.30. The van der Waals surface area contributed by atoms with Crippen LogP contribution in [-0.4, -0.2) is 5.11 Å². The van der Waals surface area contributed by atoms with Crippen LogP contribution in [0.15, 0.2) is 42.5 Å². The molecular weight excluding hydrogens is 270 g/mol. The van der Waals surface area contributed by atoms with Crippen molar-refractivity contribution in [1.82, 2.24) is 0 Å². The van der Waals surface area contributed by atoms with Gasteiger partial charge in [-0.2, -0.15) is 0 Å². The second-order valence-corrected chi connectivity index (χ2v) is 5.85. The smallest absolute Gasteiger partial charge is 0.126 e. The Morgan fingerprint density at radius 2 is 1.33 bits per heavy atom. The predicted octanol–water partition coefficient (Wildman–Crippen LogP) is 4.92. The maximum absolute atomic E-state index is 13.7. The van der Waals surface area contributed by atoms with Crippen molar-refractivity contribution in [3.8, 4) is 5.75 Å².